The molecule has 1 atom stereocenters. The molecule has 0 saturated heterocycles. The zero-order chi connectivity index (χ0) is 19.5. The van der Waals surface area contributed by atoms with E-state index in [0.717, 1.165) is 5.56 Å². The third kappa shape index (κ3) is 10.7. The smallest absolute Gasteiger partial charge is 0.475 e. The molecule has 0 aliphatic heterocycles. The molecule has 0 spiro atoms. The van der Waals surface area contributed by atoms with Gasteiger partial charge in [-0.25, -0.2) is 4.79 Å². The first kappa shape index (κ1) is 22.4. The second-order valence-corrected chi connectivity index (χ2v) is 4.51. The van der Waals surface area contributed by atoms with Gasteiger partial charge in [0.1, 0.15) is 12.6 Å². The molecule has 140 valence electrons. The van der Waals surface area contributed by atoms with Crippen molar-refractivity contribution in [2.45, 2.75) is 32.2 Å². The van der Waals surface area contributed by atoms with Crippen molar-refractivity contribution in [3.63, 3.8) is 0 Å². The van der Waals surface area contributed by atoms with Crippen LogP contribution in [0, 0.1) is 0 Å². The predicted octanol–water partition coefficient (Wildman–Crippen LogP) is 1.64. The lowest BCUT2D eigenvalue weighted by Crippen LogP contribution is -2.35. The van der Waals surface area contributed by atoms with E-state index in [1.807, 2.05) is 30.3 Å². The Morgan fingerprint density at radius 2 is 1.68 bits per heavy atom. The van der Waals surface area contributed by atoms with Gasteiger partial charge in [-0.3, -0.25) is 9.59 Å². The van der Waals surface area contributed by atoms with E-state index < -0.39 is 30.1 Å². The SMILES string of the molecule is CCOC(=O)C[C@H](N)C(=O)OCc1ccccc1.O=C(O)C(F)(F)F. The summed E-state index contributed by atoms with van der Waals surface area (Å²) in [7, 11) is 0. The van der Waals surface area contributed by atoms with Gasteiger partial charge in [-0.15, -0.1) is 0 Å². The average molecular weight is 365 g/mol. The summed E-state index contributed by atoms with van der Waals surface area (Å²) in [6, 6.07) is 8.27. The number of aliphatic carboxylic acids is 1. The fourth-order valence-corrected chi connectivity index (χ4v) is 1.32. The Hall–Kier alpha value is -2.62. The van der Waals surface area contributed by atoms with Crippen LogP contribution in [0.15, 0.2) is 30.3 Å². The fourth-order valence-electron chi connectivity index (χ4n) is 1.32. The van der Waals surface area contributed by atoms with Gasteiger partial charge in [-0.1, -0.05) is 30.3 Å². The van der Waals surface area contributed by atoms with Crippen LogP contribution in [0.5, 0.6) is 0 Å². The van der Waals surface area contributed by atoms with Crippen molar-refractivity contribution in [3.8, 4) is 0 Å². The average Bonchev–Trinajstić information content (AvgIpc) is 2.53. The first-order valence-corrected chi connectivity index (χ1v) is 6.99. The van der Waals surface area contributed by atoms with Crippen molar-refractivity contribution in [1.29, 1.82) is 0 Å². The predicted molar refractivity (Wildman–Crippen MR) is 79.2 cm³/mol. The maximum Gasteiger partial charge on any atom is 0.490 e. The molecule has 0 fully saturated rings. The zero-order valence-corrected chi connectivity index (χ0v) is 13.3. The molecule has 1 rings (SSSR count). The van der Waals surface area contributed by atoms with E-state index >= 15 is 0 Å². The second-order valence-electron chi connectivity index (χ2n) is 4.51. The molecule has 10 heteroatoms. The van der Waals surface area contributed by atoms with Crippen LogP contribution in [0.25, 0.3) is 0 Å². The van der Waals surface area contributed by atoms with Crippen LogP contribution < -0.4 is 5.73 Å². The molecule has 3 N–H and O–H groups in total. The van der Waals surface area contributed by atoms with Crippen molar-refractivity contribution in [3.05, 3.63) is 35.9 Å². The molecule has 0 aliphatic rings. The molecule has 0 aromatic heterocycles. The van der Waals surface area contributed by atoms with Crippen LogP contribution in [-0.2, 0) is 30.5 Å². The lowest BCUT2D eigenvalue weighted by molar-refractivity contribution is -0.192. The number of carbonyl (C=O) groups excluding carboxylic acids is 2. The minimum atomic E-state index is -5.08. The largest absolute Gasteiger partial charge is 0.490 e. The summed E-state index contributed by atoms with van der Waals surface area (Å²) < 4.78 is 41.4. The highest BCUT2D eigenvalue weighted by molar-refractivity contribution is 5.82. The highest BCUT2D eigenvalue weighted by Gasteiger charge is 2.38. The molecular formula is C15H18F3NO6. The van der Waals surface area contributed by atoms with Gasteiger partial charge in [0.25, 0.3) is 0 Å². The van der Waals surface area contributed by atoms with E-state index in [1.54, 1.807) is 6.92 Å². The highest BCUT2D eigenvalue weighted by atomic mass is 19.4. The molecule has 0 saturated carbocycles. The van der Waals surface area contributed by atoms with Crippen LogP contribution in [0.4, 0.5) is 13.2 Å². The third-order valence-electron chi connectivity index (χ3n) is 2.46. The normalized spacial score (nSPS) is 11.6. The summed E-state index contributed by atoms with van der Waals surface area (Å²) in [6.07, 6.45) is -5.25. The number of alkyl halides is 3. The van der Waals surface area contributed by atoms with Crippen LogP contribution in [0.3, 0.4) is 0 Å². The van der Waals surface area contributed by atoms with Crippen LogP contribution in [-0.4, -0.2) is 41.8 Å². The number of hydrogen-bond donors (Lipinski definition) is 2. The molecule has 7 nitrogen and oxygen atoms in total. The molecule has 25 heavy (non-hydrogen) atoms. The number of hydrogen-bond acceptors (Lipinski definition) is 6. The summed E-state index contributed by atoms with van der Waals surface area (Å²) >= 11 is 0. The topological polar surface area (TPSA) is 116 Å². The van der Waals surface area contributed by atoms with E-state index in [1.165, 1.54) is 0 Å². The van der Waals surface area contributed by atoms with Gasteiger partial charge in [0.2, 0.25) is 0 Å². The molecule has 1 aromatic carbocycles. The Morgan fingerprint density at radius 3 is 2.12 bits per heavy atom. The Bertz CT molecular complexity index is 562. The van der Waals surface area contributed by atoms with Crippen LogP contribution in [0.2, 0.25) is 0 Å². The summed E-state index contributed by atoms with van der Waals surface area (Å²) in [6.45, 7) is 2.11. The van der Waals surface area contributed by atoms with Crippen LogP contribution in [0.1, 0.15) is 18.9 Å². The highest BCUT2D eigenvalue weighted by Crippen LogP contribution is 2.13. The number of rotatable bonds is 6. The van der Waals surface area contributed by atoms with E-state index in [0.29, 0.717) is 0 Å². The molecule has 0 amide bonds. The number of carbonyl (C=O) groups is 3. The minimum Gasteiger partial charge on any atom is -0.475 e. The van der Waals surface area contributed by atoms with Gasteiger partial charge in [0, 0.05) is 0 Å². The maximum absolute atomic E-state index is 11.5. The quantitative estimate of drug-likeness (QED) is 0.736. The Morgan fingerprint density at radius 1 is 1.16 bits per heavy atom. The molecule has 0 aliphatic carbocycles. The lowest BCUT2D eigenvalue weighted by Gasteiger charge is -2.10. The number of nitrogens with two attached hydrogens (primary N) is 1. The summed E-state index contributed by atoms with van der Waals surface area (Å²) in [5.74, 6) is -3.86. The van der Waals surface area contributed by atoms with Crippen LogP contribution >= 0.6 is 0 Å². The first-order valence-electron chi connectivity index (χ1n) is 6.99. The molecule has 0 heterocycles. The number of benzene rings is 1. The van der Waals surface area contributed by atoms with Crippen molar-refractivity contribution in [2.24, 2.45) is 5.73 Å². The van der Waals surface area contributed by atoms with E-state index in [9.17, 15) is 22.8 Å². The molecule has 1 aromatic rings. The number of carboxylic acid groups (broad SMARTS) is 1. The number of carboxylic acids is 1. The van der Waals surface area contributed by atoms with Gasteiger partial charge >= 0.3 is 24.1 Å². The first-order chi connectivity index (χ1) is 11.6. The molecular weight excluding hydrogens is 347 g/mol. The van der Waals surface area contributed by atoms with Gasteiger partial charge in [-0.2, -0.15) is 13.2 Å². The zero-order valence-electron chi connectivity index (χ0n) is 13.3. The van der Waals surface area contributed by atoms with Crippen molar-refractivity contribution in [2.75, 3.05) is 6.61 Å². The summed E-state index contributed by atoms with van der Waals surface area (Å²) in [4.78, 5) is 31.5. The standard InChI is InChI=1S/C13H17NO4.C2HF3O2/c1-2-17-12(15)8-11(14)13(16)18-9-10-6-4-3-5-7-10;3-2(4,5)1(6)7/h3-7,11H,2,8-9,14H2,1H3;(H,6,7)/t11-;/m0./s1. The second kappa shape index (κ2) is 11.0. The van der Waals surface area contributed by atoms with Crippen molar-refractivity contribution in [1.82, 2.24) is 0 Å². The molecule has 0 bridgehead atoms. The number of esters is 2. The van der Waals surface area contributed by atoms with Gasteiger partial charge in [0.05, 0.1) is 13.0 Å². The van der Waals surface area contributed by atoms with Gasteiger partial charge < -0.3 is 20.3 Å². The number of ether oxygens (including phenoxy) is 2. The maximum atomic E-state index is 11.5. The molecule has 0 radical (unpaired) electrons. The van der Waals surface area contributed by atoms with Gasteiger partial charge in [-0.05, 0) is 12.5 Å². The van der Waals surface area contributed by atoms with E-state index in [4.69, 9.17) is 25.1 Å². The molecule has 0 unspecified atom stereocenters. The lowest BCUT2D eigenvalue weighted by atomic mass is 10.2. The van der Waals surface area contributed by atoms with E-state index in [-0.39, 0.29) is 19.6 Å². The summed E-state index contributed by atoms with van der Waals surface area (Å²) in [5.41, 5.74) is 6.41. The fraction of sp³-hybridized carbons (Fsp3) is 0.400. The van der Waals surface area contributed by atoms with E-state index in [2.05, 4.69) is 0 Å². The summed E-state index contributed by atoms with van der Waals surface area (Å²) in [5, 5.41) is 7.12. The van der Waals surface area contributed by atoms with Crippen molar-refractivity contribution < 1.29 is 42.1 Å². The van der Waals surface area contributed by atoms with Crippen molar-refractivity contribution >= 4 is 17.9 Å². The van der Waals surface area contributed by atoms with Gasteiger partial charge in [0.15, 0.2) is 0 Å². The Labute approximate surface area is 141 Å². The minimum absolute atomic E-state index is 0.149. The third-order valence-corrected chi connectivity index (χ3v) is 2.46. The monoisotopic (exact) mass is 365 g/mol. The Kier molecular flexibility index (Phi) is 9.87. The number of halogens is 3. The Balaban J connectivity index is 0.000000697.